The van der Waals surface area contributed by atoms with Crippen LogP contribution in [0.2, 0.25) is 0 Å². The summed E-state index contributed by atoms with van der Waals surface area (Å²) in [4.78, 5) is 7.05. The fraction of sp³-hybridized carbons (Fsp3) is 0.333. The van der Waals surface area contributed by atoms with Crippen molar-refractivity contribution in [3.63, 3.8) is 0 Å². The summed E-state index contributed by atoms with van der Waals surface area (Å²) in [5, 5.41) is 0. The lowest BCUT2D eigenvalue weighted by molar-refractivity contribution is 0.601. The molecule has 0 aromatic carbocycles. The van der Waals surface area contributed by atoms with E-state index < -0.39 is 0 Å². The van der Waals surface area contributed by atoms with Gasteiger partial charge < -0.3 is 5.73 Å². The van der Waals surface area contributed by atoms with Crippen molar-refractivity contribution < 1.29 is 4.39 Å². The first kappa shape index (κ1) is 8.97. The van der Waals surface area contributed by atoms with Crippen LogP contribution in [0.15, 0.2) is 12.5 Å². The summed E-state index contributed by atoms with van der Waals surface area (Å²) in [5.74, 6) is -0.354. The molecule has 0 bridgehead atoms. The fourth-order valence-corrected chi connectivity index (χ4v) is 0.374. The van der Waals surface area contributed by atoms with Gasteiger partial charge >= 0.3 is 0 Å². The molecule has 4 heteroatoms. The van der Waals surface area contributed by atoms with Crippen molar-refractivity contribution in [2.24, 2.45) is 5.73 Å². The topological polar surface area (TPSA) is 51.8 Å². The molecule has 0 aliphatic heterocycles. The van der Waals surface area contributed by atoms with Crippen LogP contribution in [0.5, 0.6) is 0 Å². The van der Waals surface area contributed by atoms with Gasteiger partial charge in [-0.15, -0.1) is 0 Å². The third-order valence-corrected chi connectivity index (χ3v) is 0.852. The standard InChI is InChI=1S/C5H5FN2.CH5N/c1-4-5(6)2-7-3-8-4;1-2/h2-3H,1H3;2H2,1H3. The largest absolute Gasteiger partial charge is 0.333 e. The van der Waals surface area contributed by atoms with Crippen LogP contribution in [-0.4, -0.2) is 17.0 Å². The Morgan fingerprint density at radius 3 is 2.40 bits per heavy atom. The lowest BCUT2D eigenvalue weighted by atomic mass is 10.4. The number of aryl methyl sites for hydroxylation is 1. The quantitative estimate of drug-likeness (QED) is 0.575. The zero-order chi connectivity index (χ0) is 7.98. The van der Waals surface area contributed by atoms with E-state index in [4.69, 9.17) is 0 Å². The zero-order valence-electron chi connectivity index (χ0n) is 6.00. The number of nitrogens with zero attached hydrogens (tertiary/aromatic N) is 2. The first-order valence-corrected chi connectivity index (χ1v) is 2.80. The second kappa shape index (κ2) is 4.81. The minimum atomic E-state index is -0.354. The SMILES string of the molecule is CN.Cc1ncncc1F. The number of hydrogen-bond acceptors (Lipinski definition) is 3. The average molecular weight is 143 g/mol. The monoisotopic (exact) mass is 143 g/mol. The average Bonchev–Trinajstić information content (AvgIpc) is 2.00. The predicted molar refractivity (Wildman–Crippen MR) is 36.8 cm³/mol. The highest BCUT2D eigenvalue weighted by Crippen LogP contribution is 1.95. The second-order valence-electron chi connectivity index (χ2n) is 1.46. The molecular weight excluding hydrogens is 133 g/mol. The smallest absolute Gasteiger partial charge is 0.162 e. The lowest BCUT2D eigenvalue weighted by Crippen LogP contribution is -1.86. The van der Waals surface area contributed by atoms with Crippen LogP contribution in [0.25, 0.3) is 0 Å². The number of rotatable bonds is 0. The molecule has 0 aliphatic carbocycles. The molecule has 1 rings (SSSR count). The van der Waals surface area contributed by atoms with Gasteiger partial charge in [-0.3, -0.25) is 0 Å². The molecule has 0 amide bonds. The predicted octanol–water partition coefficient (Wildman–Crippen LogP) is 0.499. The summed E-state index contributed by atoms with van der Waals surface area (Å²) >= 11 is 0. The molecular formula is C6H10FN3. The van der Waals surface area contributed by atoms with Crippen LogP contribution in [0, 0.1) is 12.7 Å². The minimum Gasteiger partial charge on any atom is -0.333 e. The molecule has 0 aliphatic rings. The number of nitrogens with two attached hydrogens (primary N) is 1. The van der Waals surface area contributed by atoms with Gasteiger partial charge in [-0.2, -0.15) is 0 Å². The van der Waals surface area contributed by atoms with E-state index in [2.05, 4.69) is 15.7 Å². The summed E-state index contributed by atoms with van der Waals surface area (Å²) in [6.07, 6.45) is 2.46. The van der Waals surface area contributed by atoms with E-state index in [1.807, 2.05) is 0 Å². The Kier molecular flexibility index (Phi) is 4.32. The highest BCUT2D eigenvalue weighted by atomic mass is 19.1. The van der Waals surface area contributed by atoms with Gasteiger partial charge in [0.15, 0.2) is 5.82 Å². The molecule has 0 saturated carbocycles. The first-order valence-electron chi connectivity index (χ1n) is 2.80. The Morgan fingerprint density at radius 2 is 2.10 bits per heavy atom. The maximum atomic E-state index is 12.2. The van der Waals surface area contributed by atoms with Crippen molar-refractivity contribution in [1.82, 2.24) is 9.97 Å². The van der Waals surface area contributed by atoms with E-state index >= 15 is 0 Å². The summed E-state index contributed by atoms with van der Waals surface area (Å²) < 4.78 is 12.2. The normalized spacial score (nSPS) is 8.00. The Morgan fingerprint density at radius 1 is 1.50 bits per heavy atom. The third kappa shape index (κ3) is 2.50. The van der Waals surface area contributed by atoms with Gasteiger partial charge in [-0.05, 0) is 14.0 Å². The Hall–Kier alpha value is -1.03. The van der Waals surface area contributed by atoms with Gasteiger partial charge in [0, 0.05) is 0 Å². The molecule has 1 heterocycles. The Bertz CT molecular complexity index is 169. The Balaban J connectivity index is 0.000000371. The van der Waals surface area contributed by atoms with E-state index in [0.29, 0.717) is 5.69 Å². The van der Waals surface area contributed by atoms with E-state index in [-0.39, 0.29) is 5.82 Å². The summed E-state index contributed by atoms with van der Waals surface area (Å²) in [5.41, 5.74) is 4.89. The molecule has 10 heavy (non-hydrogen) atoms. The Labute approximate surface area is 59.1 Å². The van der Waals surface area contributed by atoms with Crippen molar-refractivity contribution in [3.05, 3.63) is 24.0 Å². The van der Waals surface area contributed by atoms with Crippen molar-refractivity contribution in [2.45, 2.75) is 6.92 Å². The molecule has 1 aromatic heterocycles. The highest BCUT2D eigenvalue weighted by molar-refractivity contribution is 4.97. The number of aromatic nitrogens is 2. The molecule has 3 nitrogen and oxygen atoms in total. The summed E-state index contributed by atoms with van der Waals surface area (Å²) in [6, 6.07) is 0. The maximum Gasteiger partial charge on any atom is 0.162 e. The van der Waals surface area contributed by atoms with Crippen molar-refractivity contribution in [1.29, 1.82) is 0 Å². The minimum absolute atomic E-state index is 0.354. The lowest BCUT2D eigenvalue weighted by Gasteiger charge is -1.87. The summed E-state index contributed by atoms with van der Waals surface area (Å²) in [6.45, 7) is 1.59. The van der Waals surface area contributed by atoms with Crippen LogP contribution >= 0.6 is 0 Å². The van der Waals surface area contributed by atoms with Gasteiger partial charge in [0.2, 0.25) is 0 Å². The first-order chi connectivity index (χ1) is 4.80. The van der Waals surface area contributed by atoms with Crippen LogP contribution in [0.3, 0.4) is 0 Å². The molecule has 0 saturated heterocycles. The van der Waals surface area contributed by atoms with Crippen molar-refractivity contribution >= 4 is 0 Å². The molecule has 0 radical (unpaired) electrons. The van der Waals surface area contributed by atoms with Crippen molar-refractivity contribution in [2.75, 3.05) is 7.05 Å². The van der Waals surface area contributed by atoms with Gasteiger partial charge in [0.1, 0.15) is 6.33 Å². The van der Waals surface area contributed by atoms with Crippen LogP contribution in [0.4, 0.5) is 4.39 Å². The molecule has 2 N–H and O–H groups in total. The molecule has 0 spiro atoms. The maximum absolute atomic E-state index is 12.2. The van der Waals surface area contributed by atoms with E-state index in [1.54, 1.807) is 6.92 Å². The van der Waals surface area contributed by atoms with Crippen LogP contribution in [0.1, 0.15) is 5.69 Å². The van der Waals surface area contributed by atoms with Gasteiger partial charge in [-0.1, -0.05) is 0 Å². The van der Waals surface area contributed by atoms with Crippen molar-refractivity contribution in [3.8, 4) is 0 Å². The van der Waals surface area contributed by atoms with Crippen LogP contribution in [-0.2, 0) is 0 Å². The second-order valence-corrected chi connectivity index (χ2v) is 1.46. The number of halogens is 1. The zero-order valence-corrected chi connectivity index (χ0v) is 6.00. The molecule has 56 valence electrons. The molecule has 0 unspecified atom stereocenters. The fourth-order valence-electron chi connectivity index (χ4n) is 0.374. The van der Waals surface area contributed by atoms with Gasteiger partial charge in [0.25, 0.3) is 0 Å². The number of hydrogen-bond donors (Lipinski definition) is 1. The highest BCUT2D eigenvalue weighted by Gasteiger charge is 1.91. The molecule has 1 aromatic rings. The molecule has 0 fully saturated rings. The van der Waals surface area contributed by atoms with Crippen LogP contribution < -0.4 is 5.73 Å². The van der Waals surface area contributed by atoms with E-state index in [0.717, 1.165) is 6.20 Å². The third-order valence-electron chi connectivity index (χ3n) is 0.852. The summed E-state index contributed by atoms with van der Waals surface area (Å²) in [7, 11) is 1.50. The van der Waals surface area contributed by atoms with Gasteiger partial charge in [-0.25, -0.2) is 14.4 Å². The van der Waals surface area contributed by atoms with Gasteiger partial charge in [0.05, 0.1) is 11.9 Å². The van der Waals surface area contributed by atoms with E-state index in [9.17, 15) is 4.39 Å². The molecule has 0 atom stereocenters. The van der Waals surface area contributed by atoms with E-state index in [1.165, 1.54) is 13.4 Å².